The second-order valence-electron chi connectivity index (χ2n) is 6.66. The van der Waals surface area contributed by atoms with E-state index < -0.39 is 53.0 Å². The van der Waals surface area contributed by atoms with Gasteiger partial charge < -0.3 is 14.6 Å². The number of hydrogen-bond acceptors (Lipinski definition) is 4. The predicted molar refractivity (Wildman–Crippen MR) is 79.7 cm³/mol. The van der Waals surface area contributed by atoms with Crippen molar-refractivity contribution in [2.45, 2.75) is 44.9 Å². The lowest BCUT2D eigenvalue weighted by Crippen LogP contribution is -2.43. The minimum atomic E-state index is -1.29. The van der Waals surface area contributed by atoms with Gasteiger partial charge in [-0.3, -0.25) is 4.90 Å². The fourth-order valence-corrected chi connectivity index (χ4v) is 2.45. The first-order valence-electron chi connectivity index (χ1n) is 7.51. The van der Waals surface area contributed by atoms with Crippen LogP contribution in [0.1, 0.15) is 27.2 Å². The number of nitrogens with zero attached hydrogens (tertiary/aromatic N) is 1. The van der Waals surface area contributed by atoms with Crippen LogP contribution in [0.3, 0.4) is 0 Å². The average molecular weight is 361 g/mol. The van der Waals surface area contributed by atoms with Gasteiger partial charge in [-0.05, 0) is 20.8 Å². The van der Waals surface area contributed by atoms with Gasteiger partial charge in [0.25, 0.3) is 0 Å². The molecule has 2 rings (SSSR count). The van der Waals surface area contributed by atoms with Gasteiger partial charge in [-0.1, -0.05) is 0 Å². The Morgan fingerprint density at radius 3 is 2.24 bits per heavy atom. The first kappa shape index (κ1) is 18.9. The van der Waals surface area contributed by atoms with Crippen LogP contribution >= 0.6 is 0 Å². The number of carbonyl (C=O) groups excluding carboxylic acids is 1. The number of carbonyl (C=O) groups is 2. The average Bonchev–Trinajstić information content (AvgIpc) is 2.85. The molecule has 1 saturated heterocycles. The molecule has 0 aromatic heterocycles. The standard InChI is InChI=1S/C16H18F3NO5/c1-16(2,3)25-15(23)20-7-9(6-12(20)14(21)22)24-13-10(18)4-8(17)5-11(13)19/h4-5,9,12H,6-7H2,1-3H3,(H,21,22). The van der Waals surface area contributed by atoms with E-state index in [1.54, 1.807) is 20.8 Å². The van der Waals surface area contributed by atoms with E-state index in [4.69, 9.17) is 9.47 Å². The Labute approximate surface area is 142 Å². The number of ether oxygens (including phenoxy) is 2. The van der Waals surface area contributed by atoms with Crippen LogP contribution in [0, 0.1) is 17.5 Å². The molecule has 1 aromatic rings. The summed E-state index contributed by atoms with van der Waals surface area (Å²) in [6, 6.07) is -0.354. The highest BCUT2D eigenvalue weighted by Crippen LogP contribution is 2.29. The zero-order valence-corrected chi connectivity index (χ0v) is 13.9. The van der Waals surface area contributed by atoms with E-state index >= 15 is 0 Å². The zero-order valence-electron chi connectivity index (χ0n) is 13.9. The number of carboxylic acid groups (broad SMARTS) is 1. The smallest absolute Gasteiger partial charge is 0.411 e. The third-order valence-electron chi connectivity index (χ3n) is 3.42. The fraction of sp³-hybridized carbons (Fsp3) is 0.500. The van der Waals surface area contributed by atoms with Gasteiger partial charge in [-0.25, -0.2) is 22.8 Å². The number of benzene rings is 1. The van der Waals surface area contributed by atoms with Crippen LogP contribution in [0.5, 0.6) is 5.75 Å². The van der Waals surface area contributed by atoms with Gasteiger partial charge in [0.15, 0.2) is 17.4 Å². The molecule has 0 aliphatic carbocycles. The SMILES string of the molecule is CC(C)(C)OC(=O)N1CC(Oc2c(F)cc(F)cc2F)CC1C(=O)O. The van der Waals surface area contributed by atoms with Crippen molar-refractivity contribution in [3.8, 4) is 5.75 Å². The topological polar surface area (TPSA) is 76.1 Å². The molecule has 1 heterocycles. The maximum atomic E-state index is 13.7. The number of halogens is 3. The van der Waals surface area contributed by atoms with Gasteiger partial charge in [0, 0.05) is 18.6 Å². The Morgan fingerprint density at radius 1 is 1.20 bits per heavy atom. The summed E-state index contributed by atoms with van der Waals surface area (Å²) in [4.78, 5) is 24.4. The van der Waals surface area contributed by atoms with Crippen molar-refractivity contribution in [2.75, 3.05) is 6.54 Å². The van der Waals surface area contributed by atoms with Crippen LogP contribution in [0.15, 0.2) is 12.1 Å². The first-order chi connectivity index (χ1) is 11.5. The Morgan fingerprint density at radius 2 is 1.76 bits per heavy atom. The Balaban J connectivity index is 2.17. The van der Waals surface area contributed by atoms with Crippen LogP contribution in [0.25, 0.3) is 0 Å². The minimum absolute atomic E-state index is 0.190. The van der Waals surface area contributed by atoms with E-state index in [0.717, 1.165) is 4.90 Å². The van der Waals surface area contributed by atoms with Crippen molar-refractivity contribution in [2.24, 2.45) is 0 Å². The quantitative estimate of drug-likeness (QED) is 0.896. The summed E-state index contributed by atoms with van der Waals surface area (Å²) < 4.78 is 50.6. The van der Waals surface area contributed by atoms with Crippen molar-refractivity contribution in [3.63, 3.8) is 0 Å². The lowest BCUT2D eigenvalue weighted by Gasteiger charge is -2.26. The van der Waals surface area contributed by atoms with Crippen molar-refractivity contribution in [3.05, 3.63) is 29.6 Å². The second kappa shape index (κ2) is 6.81. The molecule has 138 valence electrons. The summed E-state index contributed by atoms with van der Waals surface area (Å²) in [5, 5.41) is 9.26. The van der Waals surface area contributed by atoms with Crippen LogP contribution in [-0.4, -0.2) is 46.4 Å². The van der Waals surface area contributed by atoms with Crippen LogP contribution in [0.2, 0.25) is 0 Å². The molecule has 1 N–H and O–H groups in total. The molecule has 1 fully saturated rings. The molecule has 1 aliphatic rings. The van der Waals surface area contributed by atoms with Gasteiger partial charge in [0.1, 0.15) is 23.6 Å². The normalized spacial score (nSPS) is 20.5. The number of likely N-dealkylation sites (tertiary alicyclic amines) is 1. The highest BCUT2D eigenvalue weighted by molar-refractivity contribution is 5.81. The molecule has 1 amide bonds. The second-order valence-corrected chi connectivity index (χ2v) is 6.66. The summed E-state index contributed by atoms with van der Waals surface area (Å²) in [6.07, 6.45) is -2.04. The number of hydrogen-bond donors (Lipinski definition) is 1. The molecule has 1 aromatic carbocycles. The van der Waals surface area contributed by atoms with Gasteiger partial charge in [0.05, 0.1) is 6.54 Å². The highest BCUT2D eigenvalue weighted by Gasteiger charge is 2.43. The molecule has 6 nitrogen and oxygen atoms in total. The van der Waals surface area contributed by atoms with E-state index in [1.165, 1.54) is 0 Å². The number of amides is 1. The fourth-order valence-electron chi connectivity index (χ4n) is 2.45. The van der Waals surface area contributed by atoms with Gasteiger partial charge in [0.2, 0.25) is 0 Å². The molecular weight excluding hydrogens is 343 g/mol. The van der Waals surface area contributed by atoms with E-state index in [2.05, 4.69) is 0 Å². The molecule has 0 bridgehead atoms. The van der Waals surface area contributed by atoms with Crippen molar-refractivity contribution in [1.82, 2.24) is 4.90 Å². The monoisotopic (exact) mass is 361 g/mol. The van der Waals surface area contributed by atoms with E-state index in [0.29, 0.717) is 12.1 Å². The summed E-state index contributed by atoms with van der Waals surface area (Å²) in [6.45, 7) is 4.62. The van der Waals surface area contributed by atoms with Crippen LogP contribution in [0.4, 0.5) is 18.0 Å². The van der Waals surface area contributed by atoms with E-state index in [-0.39, 0.29) is 13.0 Å². The third-order valence-corrected chi connectivity index (χ3v) is 3.42. The van der Waals surface area contributed by atoms with Crippen LogP contribution < -0.4 is 4.74 Å². The first-order valence-corrected chi connectivity index (χ1v) is 7.51. The van der Waals surface area contributed by atoms with Gasteiger partial charge in [-0.15, -0.1) is 0 Å². The molecule has 25 heavy (non-hydrogen) atoms. The maximum absolute atomic E-state index is 13.7. The van der Waals surface area contributed by atoms with Gasteiger partial charge in [-0.2, -0.15) is 0 Å². The summed E-state index contributed by atoms with van der Waals surface area (Å²) >= 11 is 0. The van der Waals surface area contributed by atoms with Crippen molar-refractivity contribution < 1.29 is 37.3 Å². The summed E-state index contributed by atoms with van der Waals surface area (Å²) in [7, 11) is 0. The lowest BCUT2D eigenvalue weighted by atomic mass is 10.2. The van der Waals surface area contributed by atoms with E-state index in [1.807, 2.05) is 0 Å². The highest BCUT2D eigenvalue weighted by atomic mass is 19.1. The third kappa shape index (κ3) is 4.55. The molecule has 2 unspecified atom stereocenters. The molecule has 2 atom stereocenters. The minimum Gasteiger partial charge on any atom is -0.482 e. The van der Waals surface area contributed by atoms with Crippen LogP contribution in [-0.2, 0) is 9.53 Å². The maximum Gasteiger partial charge on any atom is 0.411 e. The van der Waals surface area contributed by atoms with E-state index in [9.17, 15) is 27.9 Å². The lowest BCUT2D eigenvalue weighted by molar-refractivity contribution is -0.142. The number of carboxylic acids is 1. The summed E-state index contributed by atoms with van der Waals surface area (Å²) in [5.41, 5.74) is -0.839. The van der Waals surface area contributed by atoms with Crippen molar-refractivity contribution >= 4 is 12.1 Å². The molecular formula is C16H18F3NO5. The molecule has 1 aliphatic heterocycles. The Hall–Kier alpha value is -2.45. The largest absolute Gasteiger partial charge is 0.482 e. The van der Waals surface area contributed by atoms with Gasteiger partial charge >= 0.3 is 12.1 Å². The molecule has 0 saturated carbocycles. The zero-order chi connectivity index (χ0) is 18.9. The predicted octanol–water partition coefficient (Wildman–Crippen LogP) is 2.95. The molecule has 0 spiro atoms. The molecule has 0 radical (unpaired) electrons. The Kier molecular flexibility index (Phi) is 5.15. The number of aliphatic carboxylic acids is 1. The number of rotatable bonds is 3. The Bertz CT molecular complexity index is 666. The summed E-state index contributed by atoms with van der Waals surface area (Å²) in [5.74, 6) is -5.72. The molecule has 9 heteroatoms. The van der Waals surface area contributed by atoms with Crippen molar-refractivity contribution in [1.29, 1.82) is 0 Å².